The molecule has 2 aliphatic heterocycles. The Balaban J connectivity index is 1.39. The molecule has 0 atom stereocenters. The van der Waals surface area contributed by atoms with Gasteiger partial charge in [0.2, 0.25) is 0 Å². The molecule has 2 heterocycles. The first-order valence-electron chi connectivity index (χ1n) is 12.5. The van der Waals surface area contributed by atoms with Gasteiger partial charge in [0.25, 0.3) is 17.1 Å². The van der Waals surface area contributed by atoms with E-state index in [1.54, 1.807) is 31.2 Å². The highest BCUT2D eigenvalue weighted by Crippen LogP contribution is 2.34. The minimum Gasteiger partial charge on any atom is -0.493 e. The molecular formula is C28H30N2O7S. The predicted molar refractivity (Wildman–Crippen MR) is 143 cm³/mol. The molecule has 2 aromatic rings. The number of thioether (sulfide) groups is 1. The maximum absolute atomic E-state index is 12.7. The van der Waals surface area contributed by atoms with Gasteiger partial charge in [-0.25, -0.2) is 0 Å². The first-order valence-corrected chi connectivity index (χ1v) is 13.3. The molecular weight excluding hydrogens is 508 g/mol. The van der Waals surface area contributed by atoms with E-state index in [0.717, 1.165) is 48.2 Å². The van der Waals surface area contributed by atoms with Gasteiger partial charge in [-0.3, -0.25) is 24.1 Å². The summed E-state index contributed by atoms with van der Waals surface area (Å²) in [5.41, 5.74) is 2.21. The largest absolute Gasteiger partial charge is 0.493 e. The third-order valence-corrected chi connectivity index (χ3v) is 7.10. The van der Waals surface area contributed by atoms with Crippen LogP contribution in [0.1, 0.15) is 47.7 Å². The Morgan fingerprint density at radius 3 is 2.42 bits per heavy atom. The van der Waals surface area contributed by atoms with Crippen LogP contribution >= 0.6 is 11.8 Å². The molecule has 0 aliphatic carbocycles. The first-order chi connectivity index (χ1) is 18.4. The molecule has 10 heteroatoms. The fourth-order valence-corrected chi connectivity index (χ4v) is 5.04. The number of esters is 1. The van der Waals surface area contributed by atoms with E-state index >= 15 is 0 Å². The number of carbonyl (C=O) groups excluding carboxylic acids is 4. The van der Waals surface area contributed by atoms with Crippen molar-refractivity contribution in [2.75, 3.05) is 33.4 Å². The van der Waals surface area contributed by atoms with E-state index in [9.17, 15) is 19.2 Å². The zero-order valence-electron chi connectivity index (χ0n) is 21.4. The van der Waals surface area contributed by atoms with Crippen molar-refractivity contribution in [3.63, 3.8) is 0 Å². The smallest absolute Gasteiger partial charge is 0.326 e. The molecule has 2 saturated heterocycles. The number of ether oxygens (including phenoxy) is 3. The van der Waals surface area contributed by atoms with Crippen LogP contribution in [0, 0.1) is 0 Å². The van der Waals surface area contributed by atoms with Crippen molar-refractivity contribution in [2.45, 2.75) is 32.8 Å². The molecule has 0 N–H and O–H groups in total. The highest BCUT2D eigenvalue weighted by atomic mass is 32.2. The number of amides is 3. The van der Waals surface area contributed by atoms with Crippen LogP contribution in [0.15, 0.2) is 47.4 Å². The van der Waals surface area contributed by atoms with E-state index in [0.29, 0.717) is 22.6 Å². The Bertz CT molecular complexity index is 1240. The quantitative estimate of drug-likeness (QED) is 0.340. The van der Waals surface area contributed by atoms with E-state index in [1.165, 1.54) is 13.5 Å². The number of hydrogen-bond donors (Lipinski definition) is 0. The van der Waals surface area contributed by atoms with Crippen LogP contribution in [0.25, 0.3) is 6.08 Å². The van der Waals surface area contributed by atoms with Gasteiger partial charge in [-0.2, -0.15) is 0 Å². The Morgan fingerprint density at radius 2 is 1.74 bits per heavy atom. The third-order valence-electron chi connectivity index (χ3n) is 6.19. The average Bonchev–Trinajstić information content (AvgIpc) is 3.19. The summed E-state index contributed by atoms with van der Waals surface area (Å²) in [6.07, 6.45) is 4.85. The molecule has 200 valence electrons. The lowest BCUT2D eigenvalue weighted by molar-refractivity contribution is -0.145. The molecule has 0 saturated carbocycles. The number of benzene rings is 2. The molecule has 2 fully saturated rings. The molecule has 0 bridgehead atoms. The van der Waals surface area contributed by atoms with E-state index in [-0.39, 0.29) is 24.0 Å². The topological polar surface area (TPSA) is 102 Å². The van der Waals surface area contributed by atoms with Crippen molar-refractivity contribution in [1.29, 1.82) is 0 Å². The van der Waals surface area contributed by atoms with Crippen LogP contribution in [0.5, 0.6) is 11.5 Å². The van der Waals surface area contributed by atoms with Gasteiger partial charge in [0.1, 0.15) is 13.2 Å². The lowest BCUT2D eigenvalue weighted by Gasteiger charge is -2.26. The van der Waals surface area contributed by atoms with Gasteiger partial charge in [-0.1, -0.05) is 18.2 Å². The zero-order valence-corrected chi connectivity index (χ0v) is 22.3. The summed E-state index contributed by atoms with van der Waals surface area (Å²) in [5.74, 6) is -0.153. The molecule has 0 aromatic heterocycles. The van der Waals surface area contributed by atoms with E-state index in [4.69, 9.17) is 14.2 Å². The van der Waals surface area contributed by atoms with Crippen molar-refractivity contribution >= 4 is 40.9 Å². The number of methoxy groups -OCH3 is 1. The summed E-state index contributed by atoms with van der Waals surface area (Å²) in [7, 11) is 1.51. The monoisotopic (exact) mass is 538 g/mol. The maximum atomic E-state index is 12.7. The van der Waals surface area contributed by atoms with Gasteiger partial charge in [0.05, 0.1) is 18.6 Å². The second-order valence-corrected chi connectivity index (χ2v) is 9.81. The van der Waals surface area contributed by atoms with Crippen LogP contribution in [0.2, 0.25) is 0 Å². The van der Waals surface area contributed by atoms with Crippen molar-refractivity contribution in [3.8, 4) is 11.5 Å². The summed E-state index contributed by atoms with van der Waals surface area (Å²) >= 11 is 0.766. The molecule has 2 aliphatic rings. The molecule has 0 radical (unpaired) electrons. The number of nitrogens with zero attached hydrogens (tertiary/aromatic N) is 2. The Morgan fingerprint density at radius 1 is 1.00 bits per heavy atom. The fourth-order valence-electron chi connectivity index (χ4n) is 4.20. The van der Waals surface area contributed by atoms with Crippen molar-refractivity contribution < 1.29 is 33.4 Å². The van der Waals surface area contributed by atoms with Gasteiger partial charge < -0.3 is 19.1 Å². The molecule has 0 unspecified atom stereocenters. The predicted octanol–water partition coefficient (Wildman–Crippen LogP) is 4.50. The van der Waals surface area contributed by atoms with Gasteiger partial charge in [-0.15, -0.1) is 0 Å². The number of rotatable bonds is 9. The van der Waals surface area contributed by atoms with Gasteiger partial charge in [0, 0.05) is 18.7 Å². The number of hydrogen-bond acceptors (Lipinski definition) is 8. The van der Waals surface area contributed by atoms with Gasteiger partial charge in [-0.05, 0) is 79.4 Å². The first kappa shape index (κ1) is 27.3. The minimum absolute atomic E-state index is 0.0631. The number of likely N-dealkylation sites (tertiary alicyclic amines) is 1. The zero-order chi connectivity index (χ0) is 27.1. The maximum Gasteiger partial charge on any atom is 0.326 e. The summed E-state index contributed by atoms with van der Waals surface area (Å²) in [5, 5.41) is -0.523. The van der Waals surface area contributed by atoms with Crippen LogP contribution in [-0.4, -0.2) is 66.2 Å². The molecule has 38 heavy (non-hydrogen) atoms. The van der Waals surface area contributed by atoms with Crippen LogP contribution < -0.4 is 9.47 Å². The lowest BCUT2D eigenvalue weighted by atomic mass is 10.1. The highest BCUT2D eigenvalue weighted by molar-refractivity contribution is 8.18. The fraction of sp³-hybridized carbons (Fsp3) is 0.357. The second kappa shape index (κ2) is 12.6. The van der Waals surface area contributed by atoms with Crippen LogP contribution in [0.4, 0.5) is 4.79 Å². The van der Waals surface area contributed by atoms with Gasteiger partial charge in [0.15, 0.2) is 11.5 Å². The Kier molecular flexibility index (Phi) is 9.06. The molecule has 0 spiro atoms. The molecule has 4 rings (SSSR count). The molecule has 9 nitrogen and oxygen atoms in total. The van der Waals surface area contributed by atoms with E-state index in [1.807, 2.05) is 29.2 Å². The summed E-state index contributed by atoms with van der Waals surface area (Å²) < 4.78 is 16.3. The summed E-state index contributed by atoms with van der Waals surface area (Å²) in [6, 6.07) is 12.6. The highest BCUT2D eigenvalue weighted by Gasteiger charge is 2.36. The van der Waals surface area contributed by atoms with Crippen LogP contribution in [-0.2, 0) is 20.9 Å². The Hall–Kier alpha value is -3.79. The van der Waals surface area contributed by atoms with Crippen molar-refractivity contribution in [2.24, 2.45) is 0 Å². The van der Waals surface area contributed by atoms with E-state index in [2.05, 4.69) is 0 Å². The number of piperidine rings is 1. The van der Waals surface area contributed by atoms with Gasteiger partial charge >= 0.3 is 5.97 Å². The third kappa shape index (κ3) is 6.55. The van der Waals surface area contributed by atoms with Crippen molar-refractivity contribution in [3.05, 3.63) is 64.1 Å². The summed E-state index contributed by atoms with van der Waals surface area (Å²) in [4.78, 5) is 52.2. The standard InChI is InChI=1S/C28H30N2O7S/c1-3-36-25(31)17-30-27(33)24(38-28(30)34)16-20-9-12-22(23(15-20)35-2)37-18-19-7-10-21(11-8-19)26(32)29-13-5-4-6-14-29/h7-12,15-16H,3-6,13-14,17-18H2,1-2H3/b24-16+. The molecule has 2 aromatic carbocycles. The lowest BCUT2D eigenvalue weighted by Crippen LogP contribution is -2.35. The number of imide groups is 1. The average molecular weight is 539 g/mol. The minimum atomic E-state index is -0.637. The van der Waals surface area contributed by atoms with Crippen molar-refractivity contribution in [1.82, 2.24) is 9.80 Å². The second-order valence-electron chi connectivity index (χ2n) is 8.82. The van der Waals surface area contributed by atoms with Crippen LogP contribution in [0.3, 0.4) is 0 Å². The SMILES string of the molecule is CCOC(=O)CN1C(=O)S/C(=C/c2ccc(OCc3ccc(C(=O)N4CCCCC4)cc3)c(OC)c2)C1=O. The summed E-state index contributed by atoms with van der Waals surface area (Å²) in [6.45, 7) is 3.31. The normalized spacial score (nSPS) is 16.6. The van der Waals surface area contributed by atoms with E-state index < -0.39 is 23.7 Å². The Labute approximate surface area is 225 Å². The molecule has 3 amide bonds. The number of carbonyl (C=O) groups is 4.